The highest BCUT2D eigenvalue weighted by molar-refractivity contribution is 6.70. The summed E-state index contributed by atoms with van der Waals surface area (Å²) in [6.07, 6.45) is 0. The second kappa shape index (κ2) is 3.55. The zero-order valence-electron chi connectivity index (χ0n) is 8.21. The number of hydrogen-bond acceptors (Lipinski definition) is 2. The Bertz CT molecular complexity index is 549. The number of phenols is 1. The van der Waals surface area contributed by atoms with Crippen molar-refractivity contribution in [3.8, 4) is 5.75 Å². The van der Waals surface area contributed by atoms with Gasteiger partial charge < -0.3 is 5.11 Å². The van der Waals surface area contributed by atoms with E-state index in [1.165, 1.54) is 0 Å². The zero-order chi connectivity index (χ0) is 11.0. The molecular weight excluding hydrogens is 210 g/mol. The molecule has 2 aromatic carbocycles. The molecular formula is C12H10ClNO. The first kappa shape index (κ1) is 9.99. The number of halogens is 1. The van der Waals surface area contributed by atoms with Gasteiger partial charge in [-0.2, -0.15) is 0 Å². The van der Waals surface area contributed by atoms with Gasteiger partial charge in [-0.25, -0.2) is 0 Å². The van der Waals surface area contributed by atoms with Gasteiger partial charge in [-0.3, -0.25) is 5.41 Å². The van der Waals surface area contributed by atoms with Crippen molar-refractivity contribution in [2.24, 2.45) is 0 Å². The molecule has 2 aromatic rings. The molecule has 0 fully saturated rings. The van der Waals surface area contributed by atoms with Crippen molar-refractivity contribution in [2.45, 2.75) is 6.92 Å². The van der Waals surface area contributed by atoms with Crippen LogP contribution in [0.15, 0.2) is 30.3 Å². The molecule has 15 heavy (non-hydrogen) atoms. The number of nitrogens with one attached hydrogen (secondary N) is 1. The number of rotatable bonds is 1. The Hall–Kier alpha value is -1.54. The van der Waals surface area contributed by atoms with Crippen molar-refractivity contribution in [2.75, 3.05) is 0 Å². The average Bonchev–Trinajstić information content (AvgIpc) is 2.17. The van der Waals surface area contributed by atoms with Crippen molar-refractivity contribution in [3.05, 3.63) is 41.5 Å². The number of phenolic OH excluding ortho intramolecular Hbond substituents is 1. The van der Waals surface area contributed by atoms with Gasteiger partial charge in [0.25, 0.3) is 0 Å². The summed E-state index contributed by atoms with van der Waals surface area (Å²) in [5, 5.41) is 18.9. The van der Waals surface area contributed by atoms with E-state index in [1.54, 1.807) is 6.07 Å². The molecule has 76 valence electrons. The highest BCUT2D eigenvalue weighted by atomic mass is 35.5. The molecule has 0 saturated carbocycles. The summed E-state index contributed by atoms with van der Waals surface area (Å²) >= 11 is 5.66. The van der Waals surface area contributed by atoms with Crippen LogP contribution < -0.4 is 0 Å². The average molecular weight is 220 g/mol. The van der Waals surface area contributed by atoms with Gasteiger partial charge in [0.05, 0.1) is 5.56 Å². The largest absolute Gasteiger partial charge is 0.507 e. The van der Waals surface area contributed by atoms with Crippen LogP contribution in [0.4, 0.5) is 0 Å². The SMILES string of the molecule is Cc1cc(O)c(C(=N)Cl)c2ccccc12. The lowest BCUT2D eigenvalue weighted by atomic mass is 10.00. The fourth-order valence-corrected chi connectivity index (χ4v) is 1.97. The lowest BCUT2D eigenvalue weighted by Crippen LogP contribution is -1.93. The molecule has 0 heterocycles. The predicted molar refractivity (Wildman–Crippen MR) is 63.0 cm³/mol. The molecule has 0 amide bonds. The van der Waals surface area contributed by atoms with Gasteiger partial charge in [-0.05, 0) is 29.3 Å². The first-order chi connectivity index (χ1) is 7.11. The van der Waals surface area contributed by atoms with Crippen molar-refractivity contribution >= 4 is 27.5 Å². The molecule has 0 atom stereocenters. The smallest absolute Gasteiger partial charge is 0.132 e. The highest BCUT2D eigenvalue weighted by Gasteiger charge is 2.11. The Kier molecular flexibility index (Phi) is 2.37. The van der Waals surface area contributed by atoms with E-state index in [-0.39, 0.29) is 10.9 Å². The molecule has 0 unspecified atom stereocenters. The second-order valence-electron chi connectivity index (χ2n) is 3.45. The van der Waals surface area contributed by atoms with Gasteiger partial charge in [0.15, 0.2) is 0 Å². The lowest BCUT2D eigenvalue weighted by Gasteiger charge is -2.09. The summed E-state index contributed by atoms with van der Waals surface area (Å²) in [4.78, 5) is 0. The van der Waals surface area contributed by atoms with E-state index in [0.717, 1.165) is 16.3 Å². The van der Waals surface area contributed by atoms with E-state index in [0.29, 0.717) is 5.56 Å². The molecule has 0 bridgehead atoms. The third-order valence-electron chi connectivity index (χ3n) is 2.45. The van der Waals surface area contributed by atoms with Crippen LogP contribution in [0, 0.1) is 12.3 Å². The Morgan fingerprint density at radius 3 is 2.47 bits per heavy atom. The molecule has 0 radical (unpaired) electrons. The molecule has 0 aliphatic carbocycles. The molecule has 0 aliphatic rings. The molecule has 3 heteroatoms. The molecule has 2 nitrogen and oxygen atoms in total. The summed E-state index contributed by atoms with van der Waals surface area (Å²) < 4.78 is 0. The van der Waals surface area contributed by atoms with Gasteiger partial charge >= 0.3 is 0 Å². The summed E-state index contributed by atoms with van der Waals surface area (Å²) in [6, 6.07) is 9.23. The van der Waals surface area contributed by atoms with Crippen LogP contribution in [0.1, 0.15) is 11.1 Å². The Balaban J connectivity index is 2.96. The fraction of sp³-hybridized carbons (Fsp3) is 0.0833. The van der Waals surface area contributed by atoms with Gasteiger partial charge in [-0.15, -0.1) is 0 Å². The lowest BCUT2D eigenvalue weighted by molar-refractivity contribution is 0.475. The minimum absolute atomic E-state index is 0.0613. The van der Waals surface area contributed by atoms with Crippen LogP contribution in [-0.4, -0.2) is 10.3 Å². The second-order valence-corrected chi connectivity index (χ2v) is 3.83. The molecule has 0 aliphatic heterocycles. The van der Waals surface area contributed by atoms with Gasteiger partial charge in [0.2, 0.25) is 0 Å². The molecule has 2 N–H and O–H groups in total. The van der Waals surface area contributed by atoms with Crippen molar-refractivity contribution < 1.29 is 5.11 Å². The van der Waals surface area contributed by atoms with Crippen molar-refractivity contribution in [1.82, 2.24) is 0 Å². The van der Waals surface area contributed by atoms with E-state index >= 15 is 0 Å². The van der Waals surface area contributed by atoms with Gasteiger partial charge in [-0.1, -0.05) is 35.9 Å². The van der Waals surface area contributed by atoms with Crippen molar-refractivity contribution in [3.63, 3.8) is 0 Å². The van der Waals surface area contributed by atoms with Crippen LogP contribution in [0.3, 0.4) is 0 Å². The predicted octanol–water partition coefficient (Wildman–Crippen LogP) is 3.42. The van der Waals surface area contributed by atoms with E-state index in [4.69, 9.17) is 17.0 Å². The molecule has 0 spiro atoms. The topological polar surface area (TPSA) is 44.1 Å². The van der Waals surface area contributed by atoms with E-state index in [2.05, 4.69) is 0 Å². The van der Waals surface area contributed by atoms with Crippen LogP contribution in [0.2, 0.25) is 0 Å². The number of hydrogen-bond donors (Lipinski definition) is 2. The summed E-state index contributed by atoms with van der Waals surface area (Å²) in [6.45, 7) is 1.92. The number of benzene rings is 2. The molecule has 0 aromatic heterocycles. The number of fused-ring (bicyclic) bond motifs is 1. The highest BCUT2D eigenvalue weighted by Crippen LogP contribution is 2.31. The normalized spacial score (nSPS) is 10.5. The van der Waals surface area contributed by atoms with Crippen LogP contribution in [0.5, 0.6) is 5.75 Å². The Morgan fingerprint density at radius 2 is 1.87 bits per heavy atom. The quantitative estimate of drug-likeness (QED) is 0.710. The zero-order valence-corrected chi connectivity index (χ0v) is 8.97. The maximum atomic E-state index is 9.73. The third-order valence-corrected chi connectivity index (χ3v) is 2.64. The van der Waals surface area contributed by atoms with E-state index in [9.17, 15) is 5.11 Å². The number of aryl methyl sites for hydroxylation is 1. The summed E-state index contributed by atoms with van der Waals surface area (Å²) in [5.74, 6) is 0.0613. The van der Waals surface area contributed by atoms with E-state index < -0.39 is 0 Å². The fourth-order valence-electron chi connectivity index (χ4n) is 1.77. The minimum Gasteiger partial charge on any atom is -0.507 e. The van der Waals surface area contributed by atoms with Crippen molar-refractivity contribution in [1.29, 1.82) is 5.41 Å². The number of aromatic hydroxyl groups is 1. The summed E-state index contributed by atoms with van der Waals surface area (Å²) in [5.41, 5.74) is 1.38. The van der Waals surface area contributed by atoms with Gasteiger partial charge in [0, 0.05) is 0 Å². The van der Waals surface area contributed by atoms with Crippen LogP contribution in [-0.2, 0) is 0 Å². The first-order valence-corrected chi connectivity index (χ1v) is 4.95. The molecule has 2 rings (SSSR count). The summed E-state index contributed by atoms with van der Waals surface area (Å²) in [7, 11) is 0. The first-order valence-electron chi connectivity index (χ1n) is 4.57. The maximum absolute atomic E-state index is 9.73. The third kappa shape index (κ3) is 1.57. The van der Waals surface area contributed by atoms with Crippen LogP contribution >= 0.6 is 11.6 Å². The maximum Gasteiger partial charge on any atom is 0.132 e. The van der Waals surface area contributed by atoms with Crippen LogP contribution in [0.25, 0.3) is 10.8 Å². The minimum atomic E-state index is -0.135. The Morgan fingerprint density at radius 1 is 1.27 bits per heavy atom. The molecule has 0 saturated heterocycles. The van der Waals surface area contributed by atoms with E-state index in [1.807, 2.05) is 31.2 Å². The Labute approximate surface area is 92.6 Å². The standard InChI is InChI=1S/C12H10ClNO/c1-7-6-10(15)11(12(13)14)9-5-3-2-4-8(7)9/h2-6,14-15H,1H3. The van der Waals surface area contributed by atoms with Gasteiger partial charge in [0.1, 0.15) is 10.9 Å². The monoisotopic (exact) mass is 219 g/mol.